The smallest absolute Gasteiger partial charge is 0.106 e. The summed E-state index contributed by atoms with van der Waals surface area (Å²) in [6.07, 6.45) is 2.66. The van der Waals surface area contributed by atoms with Gasteiger partial charge in [0.25, 0.3) is 0 Å². The van der Waals surface area contributed by atoms with Gasteiger partial charge in [-0.3, -0.25) is 0 Å². The van der Waals surface area contributed by atoms with E-state index in [1.54, 1.807) is 0 Å². The molecule has 0 bridgehead atoms. The maximum Gasteiger partial charge on any atom is 0.106 e. The van der Waals surface area contributed by atoms with Crippen molar-refractivity contribution in [1.82, 2.24) is 5.32 Å². The zero-order valence-corrected chi connectivity index (χ0v) is 8.78. The predicted molar refractivity (Wildman–Crippen MR) is 55.9 cm³/mol. The largest absolute Gasteiger partial charge is 0.316 e. The quantitative estimate of drug-likeness (QED) is 0.700. The zero-order chi connectivity index (χ0) is 9.10. The lowest BCUT2D eigenvalue weighted by molar-refractivity contribution is 0.120. The van der Waals surface area contributed by atoms with E-state index in [0.29, 0.717) is 11.8 Å². The van der Waals surface area contributed by atoms with E-state index in [1.807, 2.05) is 11.8 Å². The fourth-order valence-electron chi connectivity index (χ4n) is 2.46. The number of alkyl halides is 1. The Balaban J connectivity index is 1.88. The van der Waals surface area contributed by atoms with Crippen LogP contribution in [0.15, 0.2) is 0 Å². The standard InChI is InChI=1S/C10H18FNS/c11-10-1-4-12-7-9(10)8-2-5-13-6-3-8/h8-10,12H,1-7H2. The van der Waals surface area contributed by atoms with Gasteiger partial charge in [0.15, 0.2) is 0 Å². The Morgan fingerprint density at radius 1 is 1.15 bits per heavy atom. The van der Waals surface area contributed by atoms with Crippen molar-refractivity contribution in [3.8, 4) is 0 Å². The number of hydrogen-bond acceptors (Lipinski definition) is 2. The average Bonchev–Trinajstić information content (AvgIpc) is 2.20. The minimum absolute atomic E-state index is 0.314. The first-order valence-electron chi connectivity index (χ1n) is 5.30. The van der Waals surface area contributed by atoms with Crippen molar-refractivity contribution >= 4 is 11.8 Å². The summed E-state index contributed by atoms with van der Waals surface area (Å²) < 4.78 is 13.6. The van der Waals surface area contributed by atoms with Crippen LogP contribution in [0.5, 0.6) is 0 Å². The third-order valence-corrected chi connectivity index (χ3v) is 4.36. The maximum atomic E-state index is 13.6. The molecule has 2 heterocycles. The predicted octanol–water partition coefficient (Wildman–Crippen LogP) is 2.08. The highest BCUT2D eigenvalue weighted by atomic mass is 32.2. The van der Waals surface area contributed by atoms with Crippen LogP contribution < -0.4 is 5.32 Å². The lowest BCUT2D eigenvalue weighted by Gasteiger charge is -2.35. The van der Waals surface area contributed by atoms with Gasteiger partial charge in [0.2, 0.25) is 0 Å². The lowest BCUT2D eigenvalue weighted by Crippen LogP contribution is -2.42. The molecular weight excluding hydrogens is 185 g/mol. The Morgan fingerprint density at radius 2 is 1.92 bits per heavy atom. The highest BCUT2D eigenvalue weighted by molar-refractivity contribution is 7.99. The molecule has 2 aliphatic rings. The Hall–Kier alpha value is 0.240. The number of piperidine rings is 1. The van der Waals surface area contributed by atoms with Gasteiger partial charge in [-0.15, -0.1) is 0 Å². The Kier molecular flexibility index (Phi) is 3.50. The first-order chi connectivity index (χ1) is 6.38. The van der Waals surface area contributed by atoms with Crippen molar-refractivity contribution in [2.75, 3.05) is 24.6 Å². The fourth-order valence-corrected chi connectivity index (χ4v) is 3.60. The number of hydrogen-bond donors (Lipinski definition) is 1. The zero-order valence-electron chi connectivity index (χ0n) is 7.97. The van der Waals surface area contributed by atoms with Crippen molar-refractivity contribution < 1.29 is 4.39 Å². The topological polar surface area (TPSA) is 12.0 Å². The molecule has 1 N–H and O–H groups in total. The van der Waals surface area contributed by atoms with Crippen molar-refractivity contribution in [3.05, 3.63) is 0 Å². The summed E-state index contributed by atoms with van der Waals surface area (Å²) in [4.78, 5) is 0. The maximum absolute atomic E-state index is 13.6. The third kappa shape index (κ3) is 2.38. The molecular formula is C10H18FNS. The van der Waals surface area contributed by atoms with Gasteiger partial charge in [-0.2, -0.15) is 11.8 Å². The van der Waals surface area contributed by atoms with Gasteiger partial charge in [-0.25, -0.2) is 4.39 Å². The van der Waals surface area contributed by atoms with Crippen molar-refractivity contribution in [3.63, 3.8) is 0 Å². The van der Waals surface area contributed by atoms with E-state index in [-0.39, 0.29) is 0 Å². The van der Waals surface area contributed by atoms with E-state index in [9.17, 15) is 4.39 Å². The first-order valence-corrected chi connectivity index (χ1v) is 6.46. The summed E-state index contributed by atoms with van der Waals surface area (Å²) in [6.45, 7) is 1.79. The lowest BCUT2D eigenvalue weighted by atomic mass is 9.81. The van der Waals surface area contributed by atoms with E-state index in [4.69, 9.17) is 0 Å². The molecule has 2 fully saturated rings. The highest BCUT2D eigenvalue weighted by Gasteiger charge is 2.32. The van der Waals surface area contributed by atoms with Crippen molar-refractivity contribution in [2.24, 2.45) is 11.8 Å². The highest BCUT2D eigenvalue weighted by Crippen LogP contribution is 2.33. The van der Waals surface area contributed by atoms with E-state index in [1.165, 1.54) is 24.3 Å². The van der Waals surface area contributed by atoms with E-state index in [0.717, 1.165) is 19.5 Å². The van der Waals surface area contributed by atoms with Gasteiger partial charge in [-0.1, -0.05) is 0 Å². The first kappa shape index (κ1) is 9.78. The minimum Gasteiger partial charge on any atom is -0.316 e. The molecule has 0 aromatic carbocycles. The minimum atomic E-state index is -0.533. The van der Waals surface area contributed by atoms with Gasteiger partial charge in [0, 0.05) is 12.5 Å². The molecule has 2 rings (SSSR count). The summed E-state index contributed by atoms with van der Waals surface area (Å²) in [5.41, 5.74) is 0. The number of thioether (sulfide) groups is 1. The monoisotopic (exact) mass is 203 g/mol. The van der Waals surface area contributed by atoms with E-state index >= 15 is 0 Å². The fraction of sp³-hybridized carbons (Fsp3) is 1.00. The van der Waals surface area contributed by atoms with Gasteiger partial charge in [0.05, 0.1) is 0 Å². The van der Waals surface area contributed by atoms with E-state index < -0.39 is 6.17 Å². The average molecular weight is 203 g/mol. The molecule has 0 aromatic rings. The molecule has 76 valence electrons. The summed E-state index contributed by atoms with van der Waals surface area (Å²) >= 11 is 2.02. The molecule has 2 unspecified atom stereocenters. The van der Waals surface area contributed by atoms with Crippen LogP contribution in [0.3, 0.4) is 0 Å². The molecule has 0 aliphatic carbocycles. The van der Waals surface area contributed by atoms with Crippen LogP contribution in [-0.4, -0.2) is 30.8 Å². The van der Waals surface area contributed by atoms with Crippen LogP contribution in [0, 0.1) is 11.8 Å². The molecule has 2 saturated heterocycles. The molecule has 0 amide bonds. The van der Waals surface area contributed by atoms with Gasteiger partial charge < -0.3 is 5.32 Å². The second-order valence-electron chi connectivity index (χ2n) is 4.12. The SMILES string of the molecule is FC1CCNCC1C1CCSCC1. The Labute approximate surface area is 83.9 Å². The molecule has 2 atom stereocenters. The van der Waals surface area contributed by atoms with Gasteiger partial charge >= 0.3 is 0 Å². The van der Waals surface area contributed by atoms with E-state index in [2.05, 4.69) is 5.32 Å². The molecule has 0 saturated carbocycles. The number of nitrogens with one attached hydrogen (secondary N) is 1. The second kappa shape index (κ2) is 4.65. The molecule has 0 spiro atoms. The summed E-state index contributed by atoms with van der Waals surface area (Å²) in [7, 11) is 0. The van der Waals surface area contributed by atoms with Crippen LogP contribution in [-0.2, 0) is 0 Å². The van der Waals surface area contributed by atoms with Crippen LogP contribution in [0.25, 0.3) is 0 Å². The molecule has 1 nitrogen and oxygen atoms in total. The van der Waals surface area contributed by atoms with Crippen LogP contribution in [0.4, 0.5) is 4.39 Å². The molecule has 0 aromatic heterocycles. The number of rotatable bonds is 1. The molecule has 13 heavy (non-hydrogen) atoms. The summed E-state index contributed by atoms with van der Waals surface area (Å²) in [5, 5.41) is 3.32. The molecule has 0 radical (unpaired) electrons. The summed E-state index contributed by atoms with van der Waals surface area (Å²) in [6, 6.07) is 0. The molecule has 3 heteroatoms. The normalized spacial score (nSPS) is 37.6. The summed E-state index contributed by atoms with van der Waals surface area (Å²) in [5.74, 6) is 3.46. The van der Waals surface area contributed by atoms with Crippen LogP contribution in [0.2, 0.25) is 0 Å². The number of halogens is 1. The molecule has 2 aliphatic heterocycles. The van der Waals surface area contributed by atoms with Crippen LogP contribution in [0.1, 0.15) is 19.3 Å². The van der Waals surface area contributed by atoms with Crippen LogP contribution >= 0.6 is 11.8 Å². The third-order valence-electron chi connectivity index (χ3n) is 3.31. The Morgan fingerprint density at radius 3 is 2.62 bits per heavy atom. The Bertz CT molecular complexity index is 159. The van der Waals surface area contributed by atoms with Gasteiger partial charge in [-0.05, 0) is 43.2 Å². The van der Waals surface area contributed by atoms with Crippen molar-refractivity contribution in [2.45, 2.75) is 25.4 Å². The van der Waals surface area contributed by atoms with Gasteiger partial charge in [0.1, 0.15) is 6.17 Å². The van der Waals surface area contributed by atoms with Crippen molar-refractivity contribution in [1.29, 1.82) is 0 Å². The second-order valence-corrected chi connectivity index (χ2v) is 5.35.